The van der Waals surface area contributed by atoms with Gasteiger partial charge in [0.1, 0.15) is 6.04 Å². The zero-order chi connectivity index (χ0) is 18.0. The fraction of sp³-hybridized carbons (Fsp3) is 0.889. The molecule has 0 bridgehead atoms. The van der Waals surface area contributed by atoms with Crippen LogP contribution in [0.2, 0.25) is 0 Å². The number of carbonyl (C=O) groups excluding carboxylic acids is 1. The largest absolute Gasteiger partial charge is 0.465 e. The SMILES string of the molecule is CCCCCCCCCCCCOC(=O)C(N)CCCN=C(N)N.Cl.Cl. The van der Waals surface area contributed by atoms with Gasteiger partial charge in [0, 0.05) is 6.54 Å². The average Bonchev–Trinajstić information content (AvgIpc) is 2.56. The van der Waals surface area contributed by atoms with E-state index in [2.05, 4.69) is 11.9 Å². The summed E-state index contributed by atoms with van der Waals surface area (Å²) in [6.07, 6.45) is 13.8. The van der Waals surface area contributed by atoms with Crippen molar-refractivity contribution >= 4 is 36.7 Å². The summed E-state index contributed by atoms with van der Waals surface area (Å²) in [5, 5.41) is 0. The van der Waals surface area contributed by atoms with E-state index >= 15 is 0 Å². The number of ether oxygens (including phenoxy) is 1. The summed E-state index contributed by atoms with van der Waals surface area (Å²) < 4.78 is 5.20. The number of nitrogens with two attached hydrogens (primary N) is 3. The number of halogens is 2. The molecular formula is C18H40Cl2N4O2. The molecule has 0 radical (unpaired) electrons. The number of guanidine groups is 1. The maximum absolute atomic E-state index is 11.7. The molecule has 0 aliphatic carbocycles. The van der Waals surface area contributed by atoms with Gasteiger partial charge < -0.3 is 21.9 Å². The van der Waals surface area contributed by atoms with Gasteiger partial charge in [0.15, 0.2) is 5.96 Å². The Kier molecular flexibility index (Phi) is 25.8. The van der Waals surface area contributed by atoms with Crippen LogP contribution in [0.3, 0.4) is 0 Å². The van der Waals surface area contributed by atoms with Gasteiger partial charge in [0.05, 0.1) is 6.61 Å². The third-order valence-electron chi connectivity index (χ3n) is 4.01. The topological polar surface area (TPSA) is 117 Å². The first-order chi connectivity index (χ1) is 11.6. The normalized spacial score (nSPS) is 11.0. The molecule has 0 amide bonds. The number of nitrogens with zero attached hydrogens (tertiary/aromatic N) is 1. The van der Waals surface area contributed by atoms with Crippen molar-refractivity contribution in [1.29, 1.82) is 0 Å². The molecule has 0 aliphatic rings. The fourth-order valence-corrected chi connectivity index (χ4v) is 2.51. The van der Waals surface area contributed by atoms with Crippen LogP contribution in [-0.4, -0.2) is 31.1 Å². The first-order valence-corrected chi connectivity index (χ1v) is 9.55. The number of rotatable bonds is 16. The van der Waals surface area contributed by atoms with Gasteiger partial charge in [0.25, 0.3) is 0 Å². The summed E-state index contributed by atoms with van der Waals surface area (Å²) >= 11 is 0. The van der Waals surface area contributed by atoms with Gasteiger partial charge in [-0.2, -0.15) is 0 Å². The molecule has 8 heteroatoms. The van der Waals surface area contributed by atoms with Crippen LogP contribution in [0, 0.1) is 0 Å². The molecule has 0 aliphatic heterocycles. The molecular weight excluding hydrogens is 375 g/mol. The van der Waals surface area contributed by atoms with Crippen molar-refractivity contribution in [2.24, 2.45) is 22.2 Å². The Hall–Kier alpha value is -0.720. The van der Waals surface area contributed by atoms with Gasteiger partial charge in [-0.25, -0.2) is 0 Å². The Balaban J connectivity index is -0.00000264. The molecule has 0 fully saturated rings. The van der Waals surface area contributed by atoms with Gasteiger partial charge in [-0.1, -0.05) is 64.7 Å². The Morgan fingerprint density at radius 1 is 0.885 bits per heavy atom. The fourth-order valence-electron chi connectivity index (χ4n) is 2.51. The average molecular weight is 415 g/mol. The van der Waals surface area contributed by atoms with E-state index < -0.39 is 6.04 Å². The Labute approximate surface area is 171 Å². The quantitative estimate of drug-likeness (QED) is 0.154. The maximum atomic E-state index is 11.7. The molecule has 26 heavy (non-hydrogen) atoms. The lowest BCUT2D eigenvalue weighted by Crippen LogP contribution is -2.32. The summed E-state index contributed by atoms with van der Waals surface area (Å²) in [7, 11) is 0. The van der Waals surface area contributed by atoms with Crippen molar-refractivity contribution in [1.82, 2.24) is 0 Å². The molecule has 0 heterocycles. The minimum atomic E-state index is -0.581. The lowest BCUT2D eigenvalue weighted by Gasteiger charge is -2.10. The Morgan fingerprint density at radius 3 is 1.88 bits per heavy atom. The van der Waals surface area contributed by atoms with Gasteiger partial charge >= 0.3 is 5.97 Å². The van der Waals surface area contributed by atoms with Crippen LogP contribution in [-0.2, 0) is 9.53 Å². The smallest absolute Gasteiger partial charge is 0.322 e. The van der Waals surface area contributed by atoms with E-state index in [-0.39, 0.29) is 36.7 Å². The van der Waals surface area contributed by atoms with Crippen LogP contribution in [0.4, 0.5) is 0 Å². The predicted molar refractivity (Wildman–Crippen MR) is 115 cm³/mol. The number of hydrogen-bond acceptors (Lipinski definition) is 4. The van der Waals surface area contributed by atoms with Crippen LogP contribution in [0.25, 0.3) is 0 Å². The monoisotopic (exact) mass is 414 g/mol. The molecule has 0 spiro atoms. The third-order valence-corrected chi connectivity index (χ3v) is 4.01. The van der Waals surface area contributed by atoms with Crippen molar-refractivity contribution in [2.45, 2.75) is 90.0 Å². The summed E-state index contributed by atoms with van der Waals surface area (Å²) in [4.78, 5) is 15.6. The molecule has 0 aromatic heterocycles. The highest BCUT2D eigenvalue weighted by Gasteiger charge is 2.13. The van der Waals surface area contributed by atoms with Crippen molar-refractivity contribution in [3.63, 3.8) is 0 Å². The van der Waals surface area contributed by atoms with E-state index in [1.54, 1.807) is 0 Å². The molecule has 0 saturated heterocycles. The second kappa shape index (κ2) is 22.3. The summed E-state index contributed by atoms with van der Waals surface area (Å²) in [5.74, 6) is -0.261. The maximum Gasteiger partial charge on any atom is 0.322 e. The predicted octanol–water partition coefficient (Wildman–Crippen LogP) is 3.68. The second-order valence-electron chi connectivity index (χ2n) is 6.40. The van der Waals surface area contributed by atoms with E-state index in [1.807, 2.05) is 0 Å². The van der Waals surface area contributed by atoms with Gasteiger partial charge in [-0.05, 0) is 19.3 Å². The standard InChI is InChI=1S/C18H38N4O2.2ClH/c1-2-3-4-5-6-7-8-9-10-11-15-24-17(23)16(19)13-12-14-22-18(20)21;;/h16H,2-15,19H2,1H3,(H4,20,21,22);2*1H. The Morgan fingerprint density at radius 2 is 1.38 bits per heavy atom. The minimum Gasteiger partial charge on any atom is -0.465 e. The first kappa shape index (κ1) is 30.0. The molecule has 1 unspecified atom stereocenters. The molecule has 0 aromatic rings. The van der Waals surface area contributed by atoms with Gasteiger partial charge in [0.2, 0.25) is 0 Å². The van der Waals surface area contributed by atoms with Crippen molar-refractivity contribution in [3.05, 3.63) is 0 Å². The van der Waals surface area contributed by atoms with E-state index in [1.165, 1.54) is 51.4 Å². The van der Waals surface area contributed by atoms with Crippen molar-refractivity contribution in [2.75, 3.05) is 13.2 Å². The molecule has 158 valence electrons. The van der Waals surface area contributed by atoms with E-state index in [0.717, 1.165) is 12.8 Å². The zero-order valence-electron chi connectivity index (χ0n) is 16.3. The van der Waals surface area contributed by atoms with Crippen molar-refractivity contribution < 1.29 is 9.53 Å². The second-order valence-corrected chi connectivity index (χ2v) is 6.40. The lowest BCUT2D eigenvalue weighted by atomic mass is 10.1. The highest BCUT2D eigenvalue weighted by atomic mass is 35.5. The van der Waals surface area contributed by atoms with Crippen LogP contribution in [0.15, 0.2) is 4.99 Å². The molecule has 0 saturated carbocycles. The van der Waals surface area contributed by atoms with E-state index in [4.69, 9.17) is 21.9 Å². The zero-order valence-corrected chi connectivity index (χ0v) is 17.9. The molecule has 1 atom stereocenters. The van der Waals surface area contributed by atoms with Crippen molar-refractivity contribution in [3.8, 4) is 0 Å². The summed E-state index contributed by atoms with van der Waals surface area (Å²) in [5.41, 5.74) is 16.2. The van der Waals surface area contributed by atoms with Gasteiger partial charge in [-0.15, -0.1) is 24.8 Å². The Bertz CT molecular complexity index is 341. The van der Waals surface area contributed by atoms with Crippen LogP contribution in [0.1, 0.15) is 84.0 Å². The first-order valence-electron chi connectivity index (χ1n) is 9.55. The highest BCUT2D eigenvalue weighted by molar-refractivity contribution is 5.85. The highest BCUT2D eigenvalue weighted by Crippen LogP contribution is 2.10. The number of esters is 1. The minimum absolute atomic E-state index is 0. The lowest BCUT2D eigenvalue weighted by molar-refractivity contribution is -0.145. The van der Waals surface area contributed by atoms with Crippen LogP contribution in [0.5, 0.6) is 0 Å². The number of hydrogen-bond donors (Lipinski definition) is 3. The third kappa shape index (κ3) is 21.3. The number of carbonyl (C=O) groups is 1. The molecule has 6 N–H and O–H groups in total. The number of unbranched alkanes of at least 4 members (excludes halogenated alkanes) is 9. The van der Waals surface area contributed by atoms with Crippen LogP contribution < -0.4 is 17.2 Å². The molecule has 6 nitrogen and oxygen atoms in total. The molecule has 0 aromatic carbocycles. The van der Waals surface area contributed by atoms with E-state index in [9.17, 15) is 4.79 Å². The van der Waals surface area contributed by atoms with E-state index in [0.29, 0.717) is 26.0 Å². The molecule has 0 rings (SSSR count). The number of aliphatic imine (C=N–C) groups is 1. The summed E-state index contributed by atoms with van der Waals surface area (Å²) in [6, 6.07) is -0.581. The summed E-state index contributed by atoms with van der Waals surface area (Å²) in [6.45, 7) is 3.20. The van der Waals surface area contributed by atoms with Gasteiger partial charge in [-0.3, -0.25) is 9.79 Å². The van der Waals surface area contributed by atoms with Crippen LogP contribution >= 0.6 is 24.8 Å².